The van der Waals surface area contributed by atoms with Crippen LogP contribution in [0.4, 0.5) is 30.2 Å². The lowest BCUT2D eigenvalue weighted by Gasteiger charge is -2.13. The van der Waals surface area contributed by atoms with Gasteiger partial charge < -0.3 is 15.6 Å². The van der Waals surface area contributed by atoms with Crippen molar-refractivity contribution < 1.29 is 22.9 Å². The molecule has 0 aliphatic heterocycles. The fourth-order valence-corrected chi connectivity index (χ4v) is 2.63. The van der Waals surface area contributed by atoms with E-state index in [4.69, 9.17) is 5.73 Å². The van der Waals surface area contributed by atoms with Gasteiger partial charge in [-0.25, -0.2) is 4.98 Å². The Morgan fingerprint density at radius 1 is 1.28 bits per heavy atom. The van der Waals surface area contributed by atoms with E-state index in [-0.39, 0.29) is 22.6 Å². The maximum atomic E-state index is 13.3. The standard InChI is InChI=1S/C18H14F3N5O3/c1-10-8-25(9-23-10)13-6-11(5-12(7-13)18(19,20)21)17(27)24-14-3-2-4-15(16(14)22)26(28)29/h2-9H,22H2,1H3,(H,24,27). The first kappa shape index (κ1) is 19.9. The molecule has 3 aromatic rings. The normalized spacial score (nSPS) is 11.3. The molecule has 0 atom stereocenters. The van der Waals surface area contributed by atoms with Crippen LogP contribution in [-0.4, -0.2) is 20.4 Å². The molecule has 0 aliphatic carbocycles. The number of halogens is 3. The summed E-state index contributed by atoms with van der Waals surface area (Å²) in [5, 5.41) is 13.3. The van der Waals surface area contributed by atoms with Crippen LogP contribution in [0.3, 0.4) is 0 Å². The maximum Gasteiger partial charge on any atom is 0.416 e. The van der Waals surface area contributed by atoms with Crippen LogP contribution in [0.25, 0.3) is 5.69 Å². The third-order valence-corrected chi connectivity index (χ3v) is 4.05. The van der Waals surface area contributed by atoms with Crippen molar-refractivity contribution in [2.75, 3.05) is 11.1 Å². The van der Waals surface area contributed by atoms with Gasteiger partial charge in [0.15, 0.2) is 0 Å². The molecule has 0 bridgehead atoms. The Balaban J connectivity index is 2.02. The van der Waals surface area contributed by atoms with Gasteiger partial charge in [-0.15, -0.1) is 0 Å². The number of amides is 1. The number of nitro benzene ring substituents is 1. The van der Waals surface area contributed by atoms with Crippen LogP contribution in [0.15, 0.2) is 48.9 Å². The van der Waals surface area contributed by atoms with Crippen molar-refractivity contribution in [3.63, 3.8) is 0 Å². The van der Waals surface area contributed by atoms with Crippen molar-refractivity contribution in [1.29, 1.82) is 0 Å². The van der Waals surface area contributed by atoms with E-state index in [9.17, 15) is 28.1 Å². The monoisotopic (exact) mass is 405 g/mol. The minimum absolute atomic E-state index is 0.0811. The number of rotatable bonds is 4. The molecule has 1 amide bonds. The number of benzene rings is 2. The molecular weight excluding hydrogens is 391 g/mol. The number of anilines is 2. The number of nitrogens with one attached hydrogen (secondary N) is 1. The summed E-state index contributed by atoms with van der Waals surface area (Å²) in [6, 6.07) is 6.59. The van der Waals surface area contributed by atoms with Gasteiger partial charge in [0.25, 0.3) is 11.6 Å². The van der Waals surface area contributed by atoms with Gasteiger partial charge in [0, 0.05) is 23.5 Å². The topological polar surface area (TPSA) is 116 Å². The minimum atomic E-state index is -4.69. The molecule has 11 heteroatoms. The summed E-state index contributed by atoms with van der Waals surface area (Å²) in [5.41, 5.74) is 4.21. The largest absolute Gasteiger partial charge is 0.416 e. The second-order valence-corrected chi connectivity index (χ2v) is 6.14. The van der Waals surface area contributed by atoms with Gasteiger partial charge in [-0.2, -0.15) is 13.2 Å². The number of nitrogens with zero attached hydrogens (tertiary/aromatic N) is 3. The van der Waals surface area contributed by atoms with E-state index in [0.29, 0.717) is 11.8 Å². The van der Waals surface area contributed by atoms with E-state index in [2.05, 4.69) is 10.3 Å². The van der Waals surface area contributed by atoms with E-state index >= 15 is 0 Å². The van der Waals surface area contributed by atoms with Crippen LogP contribution < -0.4 is 11.1 Å². The molecule has 2 aromatic carbocycles. The zero-order valence-corrected chi connectivity index (χ0v) is 14.9. The highest BCUT2D eigenvalue weighted by molar-refractivity contribution is 6.06. The minimum Gasteiger partial charge on any atom is -0.391 e. The highest BCUT2D eigenvalue weighted by atomic mass is 19.4. The van der Waals surface area contributed by atoms with Gasteiger partial charge >= 0.3 is 6.18 Å². The zero-order valence-electron chi connectivity index (χ0n) is 14.9. The van der Waals surface area contributed by atoms with Crippen LogP contribution in [0, 0.1) is 17.0 Å². The highest BCUT2D eigenvalue weighted by Crippen LogP contribution is 2.33. The van der Waals surface area contributed by atoms with Gasteiger partial charge in [-0.3, -0.25) is 14.9 Å². The number of aromatic nitrogens is 2. The van der Waals surface area contributed by atoms with Gasteiger partial charge in [0.05, 0.1) is 28.2 Å². The van der Waals surface area contributed by atoms with Crippen molar-refractivity contribution in [2.45, 2.75) is 13.1 Å². The summed E-state index contributed by atoms with van der Waals surface area (Å²) in [6.07, 6.45) is -1.86. The molecule has 0 unspecified atom stereocenters. The van der Waals surface area contributed by atoms with Crippen LogP contribution >= 0.6 is 0 Å². The summed E-state index contributed by atoms with van der Waals surface area (Å²) in [5.74, 6) is -0.901. The van der Waals surface area contributed by atoms with Crippen molar-refractivity contribution in [1.82, 2.24) is 9.55 Å². The molecule has 0 aliphatic rings. The molecule has 0 saturated carbocycles. The molecule has 1 heterocycles. The molecule has 150 valence electrons. The fraction of sp³-hybridized carbons (Fsp3) is 0.111. The Labute approximate surface area is 161 Å². The molecule has 3 rings (SSSR count). The molecule has 8 nitrogen and oxygen atoms in total. The number of carbonyl (C=O) groups excluding carboxylic acids is 1. The Morgan fingerprint density at radius 2 is 2.00 bits per heavy atom. The van der Waals surface area contributed by atoms with Gasteiger partial charge in [0.2, 0.25) is 0 Å². The third-order valence-electron chi connectivity index (χ3n) is 4.05. The van der Waals surface area contributed by atoms with E-state index in [1.807, 2.05) is 0 Å². The lowest BCUT2D eigenvalue weighted by molar-refractivity contribution is -0.383. The molecule has 1 aromatic heterocycles. The average molecular weight is 405 g/mol. The number of carbonyl (C=O) groups is 1. The van der Waals surface area contributed by atoms with Gasteiger partial charge in [-0.05, 0) is 31.2 Å². The number of hydrogen-bond acceptors (Lipinski definition) is 5. The molecular formula is C18H14F3N5O3. The lowest BCUT2D eigenvalue weighted by Crippen LogP contribution is -2.16. The average Bonchev–Trinajstić information content (AvgIpc) is 3.08. The number of nitrogen functional groups attached to an aromatic ring is 1. The van der Waals surface area contributed by atoms with Crippen LogP contribution in [-0.2, 0) is 6.18 Å². The summed E-state index contributed by atoms with van der Waals surface area (Å²) < 4.78 is 41.3. The number of hydrogen-bond donors (Lipinski definition) is 2. The second kappa shape index (κ2) is 7.26. The Bertz CT molecular complexity index is 1110. The predicted octanol–water partition coefficient (Wildman–Crippen LogP) is 3.94. The number of nitrogens with two attached hydrogens (primary N) is 1. The van der Waals surface area contributed by atoms with E-state index < -0.39 is 28.3 Å². The van der Waals surface area contributed by atoms with Gasteiger partial charge in [-0.1, -0.05) is 6.07 Å². The number of nitro groups is 1. The first-order valence-corrected chi connectivity index (χ1v) is 8.14. The SMILES string of the molecule is Cc1cn(-c2cc(C(=O)Nc3cccc([N+](=O)[O-])c3N)cc(C(F)(F)F)c2)cn1. The summed E-state index contributed by atoms with van der Waals surface area (Å²) in [4.78, 5) is 26.8. The molecule has 0 saturated heterocycles. The molecule has 29 heavy (non-hydrogen) atoms. The van der Waals surface area contributed by atoms with Crippen LogP contribution in [0.5, 0.6) is 0 Å². The summed E-state index contributed by atoms with van der Waals surface area (Å²) in [7, 11) is 0. The maximum absolute atomic E-state index is 13.3. The van der Waals surface area contributed by atoms with E-state index in [0.717, 1.165) is 12.1 Å². The zero-order chi connectivity index (χ0) is 21.3. The van der Waals surface area contributed by atoms with Crippen molar-refractivity contribution >= 4 is 23.0 Å². The highest BCUT2D eigenvalue weighted by Gasteiger charge is 2.32. The molecule has 3 N–H and O–H groups in total. The first-order chi connectivity index (χ1) is 13.6. The molecule has 0 radical (unpaired) electrons. The van der Waals surface area contributed by atoms with E-state index in [1.165, 1.54) is 35.3 Å². The fourth-order valence-electron chi connectivity index (χ4n) is 2.63. The van der Waals surface area contributed by atoms with Crippen LogP contribution in [0.2, 0.25) is 0 Å². The van der Waals surface area contributed by atoms with Gasteiger partial charge in [0.1, 0.15) is 5.69 Å². The molecule has 0 fully saturated rings. The number of imidazole rings is 1. The predicted molar refractivity (Wildman–Crippen MR) is 98.8 cm³/mol. The number of aryl methyl sites for hydroxylation is 1. The summed E-state index contributed by atoms with van der Waals surface area (Å²) in [6.45, 7) is 1.67. The number of alkyl halides is 3. The molecule has 0 spiro atoms. The van der Waals surface area contributed by atoms with Crippen molar-refractivity contribution in [3.8, 4) is 5.69 Å². The van der Waals surface area contributed by atoms with Crippen molar-refractivity contribution in [2.24, 2.45) is 0 Å². The quantitative estimate of drug-likeness (QED) is 0.387. The first-order valence-electron chi connectivity index (χ1n) is 8.14. The Morgan fingerprint density at radius 3 is 2.59 bits per heavy atom. The summed E-state index contributed by atoms with van der Waals surface area (Å²) >= 11 is 0. The third kappa shape index (κ3) is 4.18. The smallest absolute Gasteiger partial charge is 0.391 e. The Kier molecular flexibility index (Phi) is 4.97. The van der Waals surface area contributed by atoms with E-state index in [1.54, 1.807) is 6.92 Å². The number of para-hydroxylation sites is 1. The second-order valence-electron chi connectivity index (χ2n) is 6.14. The lowest BCUT2D eigenvalue weighted by atomic mass is 10.1. The van der Waals surface area contributed by atoms with Crippen LogP contribution in [0.1, 0.15) is 21.6 Å². The van der Waals surface area contributed by atoms with Crippen molar-refractivity contribution in [3.05, 3.63) is 75.9 Å². The Hall–Kier alpha value is -3.89.